The van der Waals surface area contributed by atoms with E-state index in [0.717, 1.165) is 10.8 Å². The van der Waals surface area contributed by atoms with Crippen molar-refractivity contribution in [3.05, 3.63) is 59.8 Å². The van der Waals surface area contributed by atoms with E-state index in [9.17, 15) is 5.11 Å². The quantitative estimate of drug-likeness (QED) is 0.584. The van der Waals surface area contributed by atoms with Crippen molar-refractivity contribution in [2.45, 2.75) is 64.3 Å². The molecular weight excluding hydrogens is 308 g/mol. The summed E-state index contributed by atoms with van der Waals surface area (Å²) in [4.78, 5) is 0. The van der Waals surface area contributed by atoms with Crippen LogP contribution in [0.4, 0.5) is 0 Å². The minimum Gasteiger partial charge on any atom is -0.384 e. The lowest BCUT2D eigenvalue weighted by Crippen LogP contribution is -2.48. The molecule has 1 N–H and O–H groups in total. The predicted octanol–water partition coefficient (Wildman–Crippen LogP) is 6.65. The predicted molar refractivity (Wildman–Crippen MR) is 109 cm³/mol. The van der Waals surface area contributed by atoms with E-state index in [1.54, 1.807) is 0 Å². The van der Waals surface area contributed by atoms with Crippen molar-refractivity contribution in [3.63, 3.8) is 0 Å². The second-order valence-corrected chi connectivity index (χ2v) is 13.9. The number of hydrogen-bond acceptors (Lipinski definition) is 1. The molecule has 0 heterocycles. The number of fused-ring (bicyclic) bond motifs is 1. The summed E-state index contributed by atoms with van der Waals surface area (Å²) in [6.07, 6.45) is -0.575. The van der Waals surface area contributed by atoms with Gasteiger partial charge in [-0.3, -0.25) is 0 Å². The Morgan fingerprint density at radius 2 is 1.33 bits per heavy atom. The van der Waals surface area contributed by atoms with E-state index in [-0.39, 0.29) is 0 Å². The summed E-state index contributed by atoms with van der Waals surface area (Å²) in [7, 11) is -1.89. The van der Waals surface area contributed by atoms with Crippen molar-refractivity contribution in [2.24, 2.45) is 0 Å². The highest BCUT2D eigenvalue weighted by molar-refractivity contribution is 6.89. The maximum absolute atomic E-state index is 11.2. The van der Waals surface area contributed by atoms with E-state index < -0.39 is 14.2 Å². The summed E-state index contributed by atoms with van der Waals surface area (Å²) < 4.78 is 0. The first-order chi connectivity index (χ1) is 11.2. The Labute approximate surface area is 148 Å². The molecule has 2 heteroatoms. The monoisotopic (exact) mass is 340 g/mol. The molecule has 2 rings (SSSR count). The number of rotatable bonds is 6. The number of aliphatic hydroxyl groups excluding tert-OH is 1. The van der Waals surface area contributed by atoms with E-state index in [2.05, 4.69) is 78.5 Å². The first-order valence-electron chi connectivity index (χ1n) is 9.08. The molecule has 0 bridgehead atoms. The Hall–Kier alpha value is -1.38. The Bertz CT molecular complexity index is 693. The topological polar surface area (TPSA) is 20.2 Å². The zero-order valence-corrected chi connectivity index (χ0v) is 17.0. The van der Waals surface area contributed by atoms with Crippen molar-refractivity contribution in [1.29, 1.82) is 0 Å². The van der Waals surface area contributed by atoms with Gasteiger partial charge in [-0.25, -0.2) is 0 Å². The van der Waals surface area contributed by atoms with E-state index in [0.29, 0.717) is 16.6 Å². The van der Waals surface area contributed by atoms with Crippen LogP contribution in [0.5, 0.6) is 0 Å². The largest absolute Gasteiger partial charge is 0.384 e. The summed E-state index contributed by atoms with van der Waals surface area (Å²) in [5.41, 5.74) is 2.64. The molecule has 0 fully saturated rings. The van der Waals surface area contributed by atoms with Crippen molar-refractivity contribution in [1.82, 2.24) is 0 Å². The van der Waals surface area contributed by atoms with Gasteiger partial charge in [-0.2, -0.15) is 0 Å². The standard InChI is InChI=1S/C22H32OSi/c1-15(2)24(16(3)4,17(5)6)18(7)22(23)21-13-12-19-10-8-9-11-20(19)14-21/h8-17,22-23H,7H2,1-6H3. The van der Waals surface area contributed by atoms with Crippen LogP contribution < -0.4 is 0 Å². The zero-order chi connectivity index (χ0) is 18.1. The molecule has 24 heavy (non-hydrogen) atoms. The summed E-state index contributed by atoms with van der Waals surface area (Å²) >= 11 is 0. The van der Waals surface area contributed by atoms with Gasteiger partial charge in [-0.1, -0.05) is 83.1 Å². The van der Waals surface area contributed by atoms with Crippen LogP contribution in [0.15, 0.2) is 54.2 Å². The average Bonchev–Trinajstić information content (AvgIpc) is 2.53. The van der Waals surface area contributed by atoms with Crippen LogP contribution in [0.3, 0.4) is 0 Å². The molecule has 130 valence electrons. The van der Waals surface area contributed by atoms with Gasteiger partial charge < -0.3 is 5.11 Å². The lowest BCUT2D eigenvalue weighted by atomic mass is 10.0. The van der Waals surface area contributed by atoms with Crippen LogP contribution in [0.1, 0.15) is 53.2 Å². The maximum atomic E-state index is 11.2. The summed E-state index contributed by atoms with van der Waals surface area (Å²) in [5.74, 6) is 0. The fourth-order valence-corrected chi connectivity index (χ4v) is 11.8. The lowest BCUT2D eigenvalue weighted by molar-refractivity contribution is 0.222. The second-order valence-electron chi connectivity index (χ2n) is 7.93. The van der Waals surface area contributed by atoms with Gasteiger partial charge >= 0.3 is 0 Å². The average molecular weight is 341 g/mol. The third-order valence-electron chi connectivity index (χ3n) is 5.84. The van der Waals surface area contributed by atoms with Crippen LogP contribution in [0.2, 0.25) is 16.6 Å². The number of benzene rings is 2. The fraction of sp³-hybridized carbons (Fsp3) is 0.455. The van der Waals surface area contributed by atoms with Crippen LogP contribution in [-0.2, 0) is 0 Å². The Morgan fingerprint density at radius 3 is 1.83 bits per heavy atom. The van der Waals surface area contributed by atoms with E-state index in [1.807, 2.05) is 12.1 Å². The van der Waals surface area contributed by atoms with Gasteiger partial charge in [0.15, 0.2) is 0 Å². The molecule has 1 unspecified atom stereocenters. The van der Waals surface area contributed by atoms with Crippen molar-refractivity contribution in [2.75, 3.05) is 0 Å². The smallest absolute Gasteiger partial charge is 0.0964 e. The normalized spacial score (nSPS) is 13.9. The number of aliphatic hydroxyl groups is 1. The Morgan fingerprint density at radius 1 is 0.833 bits per heavy atom. The molecule has 0 radical (unpaired) electrons. The molecule has 0 saturated heterocycles. The van der Waals surface area contributed by atoms with Gasteiger partial charge in [-0.15, -0.1) is 6.58 Å². The molecule has 2 aromatic rings. The minimum absolute atomic E-state index is 0.556. The molecule has 0 amide bonds. The van der Waals surface area contributed by atoms with Gasteiger partial charge in [-0.05, 0) is 39.0 Å². The van der Waals surface area contributed by atoms with Crippen LogP contribution in [-0.4, -0.2) is 13.2 Å². The van der Waals surface area contributed by atoms with Gasteiger partial charge in [0.05, 0.1) is 14.2 Å². The maximum Gasteiger partial charge on any atom is 0.0964 e. The molecule has 0 spiro atoms. The van der Waals surface area contributed by atoms with E-state index in [1.165, 1.54) is 10.8 Å². The molecule has 1 nitrogen and oxygen atoms in total. The SMILES string of the molecule is C=C(C(O)c1ccc2ccccc2c1)[Si](C(C)C)(C(C)C)C(C)C. The molecule has 2 aromatic carbocycles. The van der Waals surface area contributed by atoms with Crippen molar-refractivity contribution in [3.8, 4) is 0 Å². The zero-order valence-electron chi connectivity index (χ0n) is 16.0. The highest BCUT2D eigenvalue weighted by Crippen LogP contribution is 2.49. The molecule has 0 saturated carbocycles. The van der Waals surface area contributed by atoms with E-state index >= 15 is 0 Å². The van der Waals surface area contributed by atoms with Crippen LogP contribution in [0, 0.1) is 0 Å². The molecule has 0 aliphatic carbocycles. The first kappa shape index (κ1) is 18.9. The fourth-order valence-electron chi connectivity index (χ4n) is 4.93. The Kier molecular flexibility index (Phi) is 5.72. The lowest BCUT2D eigenvalue weighted by Gasteiger charge is -2.46. The highest BCUT2D eigenvalue weighted by atomic mass is 28.3. The van der Waals surface area contributed by atoms with Gasteiger partial charge in [0.2, 0.25) is 0 Å². The van der Waals surface area contributed by atoms with Gasteiger partial charge in [0, 0.05) is 0 Å². The van der Waals surface area contributed by atoms with Crippen molar-refractivity contribution < 1.29 is 5.11 Å². The molecule has 0 aliphatic rings. The summed E-state index contributed by atoms with van der Waals surface area (Å²) in [6, 6.07) is 14.6. The van der Waals surface area contributed by atoms with Gasteiger partial charge in [0.25, 0.3) is 0 Å². The van der Waals surface area contributed by atoms with Gasteiger partial charge in [0.1, 0.15) is 0 Å². The third kappa shape index (κ3) is 3.10. The van der Waals surface area contributed by atoms with Crippen LogP contribution >= 0.6 is 0 Å². The summed E-state index contributed by atoms with van der Waals surface area (Å²) in [6.45, 7) is 18.3. The molecule has 0 aliphatic heterocycles. The molecule has 0 aromatic heterocycles. The minimum atomic E-state index is -1.89. The number of hydrogen-bond donors (Lipinski definition) is 1. The van der Waals surface area contributed by atoms with E-state index in [4.69, 9.17) is 0 Å². The second kappa shape index (κ2) is 7.24. The van der Waals surface area contributed by atoms with Crippen LogP contribution in [0.25, 0.3) is 10.8 Å². The third-order valence-corrected chi connectivity index (χ3v) is 13.0. The highest BCUT2D eigenvalue weighted by Gasteiger charge is 2.47. The first-order valence-corrected chi connectivity index (χ1v) is 11.3. The molecule has 1 atom stereocenters. The summed E-state index contributed by atoms with van der Waals surface area (Å²) in [5, 5.41) is 14.6. The van der Waals surface area contributed by atoms with Crippen molar-refractivity contribution >= 4 is 18.8 Å². The Balaban J connectivity index is 2.48. The molecular formula is C22H32OSi.